The summed E-state index contributed by atoms with van der Waals surface area (Å²) in [6.45, 7) is 5.67. The highest BCUT2D eigenvalue weighted by Gasteiger charge is 2.29. The first-order valence-corrected chi connectivity index (χ1v) is 5.47. The third-order valence-corrected chi connectivity index (χ3v) is 2.13. The maximum Gasteiger partial charge on any atom is 0.602 e. The van der Waals surface area contributed by atoms with Crippen molar-refractivity contribution in [3.8, 4) is 0 Å². The third kappa shape index (κ3) is 3.03. The van der Waals surface area contributed by atoms with Crippen LogP contribution in [-0.2, 0) is 9.47 Å². The van der Waals surface area contributed by atoms with Gasteiger partial charge in [0.1, 0.15) is 0 Å². The average molecular weight is 238 g/mol. The van der Waals surface area contributed by atoms with E-state index in [4.69, 9.17) is 9.47 Å². The van der Waals surface area contributed by atoms with Gasteiger partial charge in [0.05, 0.1) is 13.2 Å². The predicted octanol–water partition coefficient (Wildman–Crippen LogP) is 1.46. The van der Waals surface area contributed by atoms with Crippen LogP contribution in [0.5, 0.6) is 0 Å². The van der Waals surface area contributed by atoms with Crippen LogP contribution in [0.4, 0.5) is 4.79 Å². The average Bonchev–Trinajstić information content (AvgIpc) is 2.29. The molecule has 0 aromatic carbocycles. The SMILES string of the molecule is CCOC(=O)c1c(C)ccc[n+]1C(=O)OCC. The molecule has 0 aliphatic carbocycles. The Balaban J connectivity index is 3.17. The summed E-state index contributed by atoms with van der Waals surface area (Å²) in [4.78, 5) is 23.4. The Kier molecular flexibility index (Phi) is 4.63. The van der Waals surface area contributed by atoms with Crippen molar-refractivity contribution >= 4 is 12.1 Å². The van der Waals surface area contributed by atoms with Gasteiger partial charge in [-0.05, 0) is 26.8 Å². The van der Waals surface area contributed by atoms with Crippen molar-refractivity contribution in [2.24, 2.45) is 0 Å². The lowest BCUT2D eigenvalue weighted by Crippen LogP contribution is -2.49. The molecule has 0 fully saturated rings. The molecular weight excluding hydrogens is 222 g/mol. The summed E-state index contributed by atoms with van der Waals surface area (Å²) in [6.07, 6.45) is 0.899. The number of carbonyl (C=O) groups excluding carboxylic acids is 2. The van der Waals surface area contributed by atoms with Crippen molar-refractivity contribution in [2.75, 3.05) is 13.2 Å². The standard InChI is InChI=1S/C12H16NO4/c1-4-16-11(14)10-9(3)7-6-8-13(10)12(15)17-5-2/h6-8H,4-5H2,1-3H3/q+1. The second-order valence-electron chi connectivity index (χ2n) is 3.33. The summed E-state index contributed by atoms with van der Waals surface area (Å²) in [5.74, 6) is -0.529. The first-order chi connectivity index (χ1) is 8.11. The minimum atomic E-state index is -0.584. The summed E-state index contributed by atoms with van der Waals surface area (Å²) >= 11 is 0. The molecule has 92 valence electrons. The molecule has 0 unspecified atom stereocenters. The number of nitrogens with zero attached hydrogens (tertiary/aromatic N) is 1. The van der Waals surface area contributed by atoms with Crippen molar-refractivity contribution in [2.45, 2.75) is 20.8 Å². The van der Waals surface area contributed by atoms with Crippen LogP contribution >= 0.6 is 0 Å². The van der Waals surface area contributed by atoms with Gasteiger partial charge in [-0.2, -0.15) is 4.79 Å². The molecule has 0 bridgehead atoms. The van der Waals surface area contributed by atoms with Crippen LogP contribution in [0.25, 0.3) is 0 Å². The van der Waals surface area contributed by atoms with Gasteiger partial charge in [0.25, 0.3) is 0 Å². The lowest BCUT2D eigenvalue weighted by atomic mass is 10.2. The minimum Gasteiger partial charge on any atom is -0.458 e. The molecule has 17 heavy (non-hydrogen) atoms. The molecule has 5 nitrogen and oxygen atoms in total. The molecule has 0 N–H and O–H groups in total. The molecule has 1 rings (SSSR count). The molecule has 0 radical (unpaired) electrons. The zero-order chi connectivity index (χ0) is 12.8. The van der Waals surface area contributed by atoms with Crippen LogP contribution in [0.3, 0.4) is 0 Å². The Labute approximate surface area is 100.0 Å². The van der Waals surface area contributed by atoms with E-state index in [2.05, 4.69) is 0 Å². The van der Waals surface area contributed by atoms with Crippen molar-refractivity contribution in [3.63, 3.8) is 0 Å². The van der Waals surface area contributed by atoms with E-state index in [1.165, 1.54) is 6.20 Å². The van der Waals surface area contributed by atoms with Crippen molar-refractivity contribution < 1.29 is 23.6 Å². The van der Waals surface area contributed by atoms with Gasteiger partial charge >= 0.3 is 17.8 Å². The number of esters is 1. The number of hydrogen-bond acceptors (Lipinski definition) is 4. The topological polar surface area (TPSA) is 56.5 Å². The number of aromatic nitrogens is 1. The van der Waals surface area contributed by atoms with Gasteiger partial charge in [0.2, 0.25) is 0 Å². The smallest absolute Gasteiger partial charge is 0.458 e. The van der Waals surface area contributed by atoms with E-state index < -0.39 is 12.1 Å². The van der Waals surface area contributed by atoms with E-state index in [0.717, 1.165) is 4.57 Å². The molecule has 0 atom stereocenters. The van der Waals surface area contributed by atoms with Crippen LogP contribution in [0.15, 0.2) is 18.3 Å². The van der Waals surface area contributed by atoms with Gasteiger partial charge in [-0.1, -0.05) is 4.57 Å². The van der Waals surface area contributed by atoms with Crippen LogP contribution in [-0.4, -0.2) is 25.3 Å². The lowest BCUT2D eigenvalue weighted by Gasteiger charge is -2.04. The van der Waals surface area contributed by atoms with Gasteiger partial charge in [0.15, 0.2) is 6.20 Å². The highest BCUT2D eigenvalue weighted by Crippen LogP contribution is 2.04. The number of pyridine rings is 1. The normalized spacial score (nSPS) is 9.82. The largest absolute Gasteiger partial charge is 0.602 e. The quantitative estimate of drug-likeness (QED) is 0.591. The Morgan fingerprint density at radius 2 is 1.88 bits per heavy atom. The Morgan fingerprint density at radius 3 is 2.47 bits per heavy atom. The molecule has 0 spiro atoms. The van der Waals surface area contributed by atoms with E-state index in [0.29, 0.717) is 5.56 Å². The van der Waals surface area contributed by atoms with Crippen LogP contribution < -0.4 is 4.57 Å². The van der Waals surface area contributed by atoms with Gasteiger partial charge in [-0.25, -0.2) is 4.79 Å². The first-order valence-electron chi connectivity index (χ1n) is 5.47. The predicted molar refractivity (Wildman–Crippen MR) is 59.8 cm³/mol. The van der Waals surface area contributed by atoms with Gasteiger partial charge in [0, 0.05) is 11.6 Å². The lowest BCUT2D eigenvalue weighted by molar-refractivity contribution is -0.589. The maximum absolute atomic E-state index is 11.7. The van der Waals surface area contributed by atoms with E-state index in [9.17, 15) is 9.59 Å². The second kappa shape index (κ2) is 5.98. The molecule has 0 amide bonds. The zero-order valence-electron chi connectivity index (χ0n) is 10.2. The monoisotopic (exact) mass is 238 g/mol. The number of carbonyl (C=O) groups is 2. The van der Waals surface area contributed by atoms with Crippen molar-refractivity contribution in [1.82, 2.24) is 0 Å². The second-order valence-corrected chi connectivity index (χ2v) is 3.33. The number of rotatable bonds is 3. The molecule has 0 aliphatic rings. The summed E-state index contributed by atoms with van der Waals surface area (Å²) in [5.41, 5.74) is 0.867. The number of aryl methyl sites for hydroxylation is 1. The van der Waals surface area contributed by atoms with E-state index in [-0.39, 0.29) is 18.9 Å². The summed E-state index contributed by atoms with van der Waals surface area (Å²) < 4.78 is 10.9. The zero-order valence-corrected chi connectivity index (χ0v) is 10.2. The molecule has 1 aromatic rings. The molecule has 0 saturated heterocycles. The maximum atomic E-state index is 11.7. The van der Waals surface area contributed by atoms with E-state index >= 15 is 0 Å². The first kappa shape index (κ1) is 13.2. The molecule has 1 aromatic heterocycles. The van der Waals surface area contributed by atoms with E-state index in [1.807, 2.05) is 0 Å². The highest BCUT2D eigenvalue weighted by atomic mass is 16.6. The molecule has 1 heterocycles. The Morgan fingerprint density at radius 1 is 1.24 bits per heavy atom. The van der Waals surface area contributed by atoms with Gasteiger partial charge in [-0.3, -0.25) is 0 Å². The van der Waals surface area contributed by atoms with Gasteiger partial charge in [-0.15, -0.1) is 0 Å². The Bertz CT molecular complexity index is 429. The van der Waals surface area contributed by atoms with Crippen LogP contribution in [0, 0.1) is 6.92 Å². The highest BCUT2D eigenvalue weighted by molar-refractivity contribution is 5.88. The minimum absolute atomic E-state index is 0.202. The molecule has 0 saturated carbocycles. The third-order valence-electron chi connectivity index (χ3n) is 2.13. The number of hydrogen-bond donors (Lipinski definition) is 0. The fraction of sp³-hybridized carbons (Fsp3) is 0.417. The Hall–Kier alpha value is -1.91. The summed E-state index contributed by atoms with van der Waals surface area (Å²) in [5, 5.41) is 0. The van der Waals surface area contributed by atoms with E-state index in [1.54, 1.807) is 32.9 Å². The fourth-order valence-electron chi connectivity index (χ4n) is 1.42. The fourth-order valence-corrected chi connectivity index (χ4v) is 1.42. The molecule has 0 aliphatic heterocycles. The summed E-state index contributed by atoms with van der Waals surface area (Å²) in [6, 6.07) is 3.41. The van der Waals surface area contributed by atoms with Crippen LogP contribution in [0.1, 0.15) is 29.9 Å². The molecular formula is C12H16NO4+. The van der Waals surface area contributed by atoms with Crippen molar-refractivity contribution in [3.05, 3.63) is 29.6 Å². The van der Waals surface area contributed by atoms with Gasteiger partial charge < -0.3 is 9.47 Å². The van der Waals surface area contributed by atoms with Crippen molar-refractivity contribution in [1.29, 1.82) is 0 Å². The summed E-state index contributed by atoms with van der Waals surface area (Å²) in [7, 11) is 0. The van der Waals surface area contributed by atoms with Crippen LogP contribution in [0.2, 0.25) is 0 Å². The molecule has 5 heteroatoms. The number of ether oxygens (including phenoxy) is 2.